The van der Waals surface area contributed by atoms with E-state index in [1.807, 2.05) is 50.2 Å². The molecule has 2 amide bonds. The number of hydrogen-bond acceptors (Lipinski definition) is 5. The molecule has 4 rings (SSSR count). The minimum absolute atomic E-state index is 0.0752. The van der Waals surface area contributed by atoms with Crippen LogP contribution in [-0.4, -0.2) is 58.3 Å². The van der Waals surface area contributed by atoms with Crippen molar-refractivity contribution >= 4 is 29.7 Å². The molecule has 2 aliphatic rings. The lowest BCUT2D eigenvalue weighted by Gasteiger charge is -2.27. The van der Waals surface area contributed by atoms with Crippen LogP contribution < -0.4 is 5.32 Å². The lowest BCUT2D eigenvalue weighted by atomic mass is 9.98. The number of hydrogen-bond donors (Lipinski definition) is 2. The lowest BCUT2D eigenvalue weighted by Crippen LogP contribution is -2.52. The number of amides is 2. The first-order valence-electron chi connectivity index (χ1n) is 11.1. The predicted octanol–water partition coefficient (Wildman–Crippen LogP) is 3.93. The maximum absolute atomic E-state index is 13.1. The molecular formula is C25H28N2O5S. The van der Waals surface area contributed by atoms with Crippen LogP contribution in [0.4, 0.5) is 4.79 Å². The van der Waals surface area contributed by atoms with Gasteiger partial charge in [0.2, 0.25) is 5.91 Å². The van der Waals surface area contributed by atoms with Gasteiger partial charge in [-0.25, -0.2) is 9.59 Å². The number of benzene rings is 2. The van der Waals surface area contributed by atoms with Crippen LogP contribution in [0.25, 0.3) is 11.1 Å². The van der Waals surface area contributed by atoms with Crippen molar-refractivity contribution < 1.29 is 24.2 Å². The third-order valence-corrected chi connectivity index (χ3v) is 7.10. The second-order valence-electron chi connectivity index (χ2n) is 8.81. The van der Waals surface area contributed by atoms with Gasteiger partial charge < -0.3 is 20.1 Å². The first-order chi connectivity index (χ1) is 15.9. The summed E-state index contributed by atoms with van der Waals surface area (Å²) in [4.78, 5) is 38.7. The molecule has 0 saturated carbocycles. The van der Waals surface area contributed by atoms with Crippen LogP contribution in [0.5, 0.6) is 0 Å². The first-order valence-corrected chi connectivity index (χ1v) is 12.2. The molecule has 0 bridgehead atoms. The van der Waals surface area contributed by atoms with Gasteiger partial charge in [-0.15, -0.1) is 11.8 Å². The smallest absolute Gasteiger partial charge is 0.407 e. The monoisotopic (exact) mass is 468 g/mol. The van der Waals surface area contributed by atoms with E-state index in [0.29, 0.717) is 18.1 Å². The van der Waals surface area contributed by atoms with Crippen molar-refractivity contribution in [3.8, 4) is 11.1 Å². The molecule has 2 atom stereocenters. The molecular weight excluding hydrogens is 440 g/mol. The zero-order chi connectivity index (χ0) is 23.5. The number of rotatable bonds is 7. The quantitative estimate of drug-likeness (QED) is 0.639. The van der Waals surface area contributed by atoms with E-state index in [2.05, 4.69) is 17.4 Å². The maximum atomic E-state index is 13.1. The molecule has 0 aromatic heterocycles. The normalized spacial score (nSPS) is 18.0. The zero-order valence-electron chi connectivity index (χ0n) is 18.7. The van der Waals surface area contributed by atoms with Gasteiger partial charge >= 0.3 is 12.1 Å². The topological polar surface area (TPSA) is 95.9 Å². The number of thioether (sulfide) groups is 1. The third-order valence-electron chi connectivity index (χ3n) is 6.09. The van der Waals surface area contributed by atoms with E-state index in [1.165, 1.54) is 16.7 Å². The van der Waals surface area contributed by atoms with Crippen molar-refractivity contribution in [1.29, 1.82) is 0 Å². The largest absolute Gasteiger partial charge is 0.480 e. The second-order valence-corrected chi connectivity index (χ2v) is 9.81. The fraction of sp³-hybridized carbons (Fsp3) is 0.400. The van der Waals surface area contributed by atoms with Gasteiger partial charge in [0, 0.05) is 11.7 Å². The summed E-state index contributed by atoms with van der Waals surface area (Å²) in [5.74, 6) is -0.704. The van der Waals surface area contributed by atoms with E-state index < -0.39 is 24.1 Å². The highest BCUT2D eigenvalue weighted by Gasteiger charge is 2.38. The molecule has 1 fully saturated rings. The maximum Gasteiger partial charge on any atom is 0.407 e. The number of carboxylic acid groups (broad SMARTS) is 1. The first kappa shape index (κ1) is 23.2. The van der Waals surface area contributed by atoms with Crippen LogP contribution in [0.3, 0.4) is 0 Å². The fourth-order valence-electron chi connectivity index (χ4n) is 4.54. The summed E-state index contributed by atoms with van der Waals surface area (Å²) in [5, 5.41) is 12.1. The van der Waals surface area contributed by atoms with Gasteiger partial charge in [0.1, 0.15) is 18.7 Å². The van der Waals surface area contributed by atoms with E-state index in [9.17, 15) is 19.5 Å². The van der Waals surface area contributed by atoms with Gasteiger partial charge in [-0.1, -0.05) is 62.4 Å². The molecule has 1 heterocycles. The Morgan fingerprint density at radius 3 is 2.27 bits per heavy atom. The van der Waals surface area contributed by atoms with Gasteiger partial charge in [-0.05, 0) is 34.6 Å². The van der Waals surface area contributed by atoms with Crippen molar-refractivity contribution in [2.75, 3.05) is 18.2 Å². The Balaban J connectivity index is 1.44. The SMILES string of the molecule is CC(C)C[C@@H](NC(=O)OCC1c2ccccc2-c2ccccc21)C(=O)N1CSCC1C(=O)O. The summed E-state index contributed by atoms with van der Waals surface area (Å²) >= 11 is 1.40. The minimum Gasteiger partial charge on any atom is -0.480 e. The number of carbonyl (C=O) groups excluding carboxylic acids is 2. The van der Waals surface area contributed by atoms with Crippen molar-refractivity contribution in [3.05, 3.63) is 59.7 Å². The van der Waals surface area contributed by atoms with Crippen molar-refractivity contribution in [2.45, 2.75) is 38.3 Å². The summed E-state index contributed by atoms with van der Waals surface area (Å²) in [6.45, 7) is 4.06. The van der Waals surface area contributed by atoms with Crippen LogP contribution in [-0.2, 0) is 14.3 Å². The Bertz CT molecular complexity index is 1010. The molecule has 7 nitrogen and oxygen atoms in total. The molecule has 33 heavy (non-hydrogen) atoms. The standard InChI is InChI=1S/C25H28N2O5S/c1-15(2)11-21(23(28)27-14-33-13-22(27)24(29)30)26-25(31)32-12-20-18-9-5-3-7-16(18)17-8-4-6-10-19(17)20/h3-10,15,20-22H,11-14H2,1-2H3,(H,26,31)(H,29,30)/t21-,22?/m1/s1. The Morgan fingerprint density at radius 2 is 1.70 bits per heavy atom. The van der Waals surface area contributed by atoms with Crippen LogP contribution in [0, 0.1) is 5.92 Å². The van der Waals surface area contributed by atoms with Crippen molar-refractivity contribution in [3.63, 3.8) is 0 Å². The number of carboxylic acids is 1. The highest BCUT2D eigenvalue weighted by atomic mass is 32.2. The molecule has 0 radical (unpaired) electrons. The number of nitrogens with one attached hydrogen (secondary N) is 1. The van der Waals surface area contributed by atoms with Gasteiger partial charge in [-0.3, -0.25) is 4.79 Å². The fourth-order valence-corrected chi connectivity index (χ4v) is 5.69. The van der Waals surface area contributed by atoms with Gasteiger partial charge in [-0.2, -0.15) is 0 Å². The van der Waals surface area contributed by atoms with E-state index in [4.69, 9.17) is 4.74 Å². The highest BCUT2D eigenvalue weighted by Crippen LogP contribution is 2.44. The Labute approximate surface area is 197 Å². The number of aliphatic carboxylic acids is 1. The summed E-state index contributed by atoms with van der Waals surface area (Å²) in [5.41, 5.74) is 4.50. The highest BCUT2D eigenvalue weighted by molar-refractivity contribution is 7.99. The predicted molar refractivity (Wildman–Crippen MR) is 127 cm³/mol. The number of alkyl carbamates (subject to hydrolysis) is 1. The second kappa shape index (κ2) is 9.87. The Morgan fingerprint density at radius 1 is 1.09 bits per heavy atom. The van der Waals surface area contributed by atoms with Crippen LogP contribution in [0.2, 0.25) is 0 Å². The van der Waals surface area contributed by atoms with E-state index in [0.717, 1.165) is 22.3 Å². The van der Waals surface area contributed by atoms with Gasteiger partial charge in [0.15, 0.2) is 0 Å². The van der Waals surface area contributed by atoms with Crippen LogP contribution in [0.1, 0.15) is 37.3 Å². The number of carbonyl (C=O) groups is 3. The minimum atomic E-state index is -1.03. The molecule has 1 aliphatic carbocycles. The van der Waals surface area contributed by atoms with Gasteiger partial charge in [0.25, 0.3) is 0 Å². The molecule has 2 N–H and O–H groups in total. The molecule has 8 heteroatoms. The van der Waals surface area contributed by atoms with Gasteiger partial charge in [0.05, 0.1) is 5.88 Å². The summed E-state index contributed by atoms with van der Waals surface area (Å²) in [6.07, 6.45) is -0.272. The number of ether oxygens (including phenoxy) is 1. The number of nitrogens with zero attached hydrogens (tertiary/aromatic N) is 1. The van der Waals surface area contributed by atoms with Crippen LogP contribution in [0.15, 0.2) is 48.5 Å². The van der Waals surface area contributed by atoms with E-state index >= 15 is 0 Å². The molecule has 1 aliphatic heterocycles. The Hall–Kier alpha value is -3.00. The summed E-state index contributed by atoms with van der Waals surface area (Å²) in [6, 6.07) is 14.5. The average molecular weight is 469 g/mol. The summed E-state index contributed by atoms with van der Waals surface area (Å²) in [7, 11) is 0. The van der Waals surface area contributed by atoms with Crippen molar-refractivity contribution in [1.82, 2.24) is 10.2 Å². The average Bonchev–Trinajstić information content (AvgIpc) is 3.40. The molecule has 174 valence electrons. The molecule has 2 aromatic carbocycles. The molecule has 1 unspecified atom stereocenters. The molecule has 0 spiro atoms. The zero-order valence-corrected chi connectivity index (χ0v) is 19.5. The van der Waals surface area contributed by atoms with Crippen molar-refractivity contribution in [2.24, 2.45) is 5.92 Å². The number of fused-ring (bicyclic) bond motifs is 3. The lowest BCUT2D eigenvalue weighted by molar-refractivity contribution is -0.148. The molecule has 1 saturated heterocycles. The molecule has 2 aromatic rings. The van der Waals surface area contributed by atoms with Crippen LogP contribution >= 0.6 is 11.8 Å². The Kier molecular flexibility index (Phi) is 6.93. The van der Waals surface area contributed by atoms with E-state index in [-0.39, 0.29) is 24.3 Å². The summed E-state index contributed by atoms with van der Waals surface area (Å²) < 4.78 is 5.60. The third kappa shape index (κ3) is 4.85. The van der Waals surface area contributed by atoms with E-state index in [1.54, 1.807) is 0 Å².